The van der Waals surface area contributed by atoms with Crippen LogP contribution in [-0.2, 0) is 0 Å². The Hall–Kier alpha value is 0.530. The Morgan fingerprint density at radius 3 is 2.25 bits per heavy atom. The third-order valence-corrected chi connectivity index (χ3v) is 1.01. The lowest BCUT2D eigenvalue weighted by Crippen LogP contribution is -1.14. The second-order valence-electron chi connectivity index (χ2n) is 0.335. The molecule has 0 heterocycles. The van der Waals surface area contributed by atoms with Crippen molar-refractivity contribution in [1.82, 2.24) is 0 Å². The topological polar surface area (TPSA) is 12.4 Å². The van der Waals surface area contributed by atoms with Crippen LogP contribution in [0.2, 0.25) is 0 Å². The molecule has 0 aromatic carbocycles. The van der Waals surface area contributed by atoms with Crippen molar-refractivity contribution >= 4 is 17.8 Å². The maximum absolute atomic E-state index is 3.57. The first-order chi connectivity index (χ1) is 1.91. The van der Waals surface area contributed by atoms with Gasteiger partial charge in [-0.25, -0.2) is 0 Å². The van der Waals surface area contributed by atoms with E-state index in [4.69, 9.17) is 0 Å². The van der Waals surface area contributed by atoms with Crippen LogP contribution in [0.3, 0.4) is 0 Å². The van der Waals surface area contributed by atoms with Gasteiger partial charge in [0.05, 0.1) is 0 Å². The minimum atomic E-state index is 0.679. The molecule has 0 spiro atoms. The van der Waals surface area contributed by atoms with Crippen molar-refractivity contribution in [3.8, 4) is 0 Å². The lowest BCUT2D eigenvalue weighted by atomic mass is 12.0. The van der Waals surface area contributed by atoms with Crippen LogP contribution in [0.1, 0.15) is 0 Å². The molecular weight excluding hydrogens is 88.0 g/mol. The Balaban J connectivity index is 2.30. The molecule has 0 saturated carbocycles. The van der Waals surface area contributed by atoms with Crippen molar-refractivity contribution in [2.45, 2.75) is 0 Å². The van der Waals surface area contributed by atoms with Crippen LogP contribution in [0, 0.1) is 0 Å². The molecule has 0 amide bonds. The summed E-state index contributed by atoms with van der Waals surface area (Å²) in [6.45, 7) is 1.99. The van der Waals surface area contributed by atoms with Crippen molar-refractivity contribution in [3.63, 3.8) is 0 Å². The first-order valence-electron chi connectivity index (χ1n) is 0.947. The highest BCUT2D eigenvalue weighted by atomic mass is 31.1. The van der Waals surface area contributed by atoms with E-state index in [2.05, 4.69) is 13.5 Å². The molecule has 24 valence electrons. The van der Waals surface area contributed by atoms with Gasteiger partial charge in [0.1, 0.15) is 0 Å². The molecule has 0 saturated heterocycles. The van der Waals surface area contributed by atoms with E-state index in [-0.39, 0.29) is 0 Å². The van der Waals surface area contributed by atoms with Gasteiger partial charge in [0.25, 0.3) is 0 Å². The summed E-state index contributed by atoms with van der Waals surface area (Å²) < 4.78 is 3.57. The molecule has 0 rings (SSSR count). The zero-order valence-electron chi connectivity index (χ0n) is 2.45. The Labute approximate surface area is 29.9 Å². The van der Waals surface area contributed by atoms with Crippen LogP contribution in [0.5, 0.6) is 0 Å². The predicted octanol–water partition coefficient (Wildman–Crippen LogP) is 1.54. The Morgan fingerprint density at radius 1 is 2.00 bits per heavy atom. The van der Waals surface area contributed by atoms with Gasteiger partial charge in [-0.3, -0.25) is 4.52 Å². The normalized spacial score (nSPS) is 9.25. The average molecular weight is 93.0 g/mol. The summed E-state index contributed by atoms with van der Waals surface area (Å²) >= 11 is 0. The molecule has 0 aliphatic rings. The SMILES string of the molecule is CPN=P. The molecule has 0 N–H and O–H groups in total. The number of rotatable bonds is 1. The van der Waals surface area contributed by atoms with Crippen molar-refractivity contribution in [2.75, 3.05) is 6.66 Å². The molecule has 0 aliphatic carbocycles. The lowest BCUT2D eigenvalue weighted by Gasteiger charge is -1.60. The van der Waals surface area contributed by atoms with E-state index in [1.165, 1.54) is 0 Å². The van der Waals surface area contributed by atoms with Gasteiger partial charge in [-0.15, -0.1) is 0 Å². The van der Waals surface area contributed by atoms with E-state index in [9.17, 15) is 0 Å². The highest BCUT2D eigenvalue weighted by Gasteiger charge is 1.43. The summed E-state index contributed by atoms with van der Waals surface area (Å²) in [4.78, 5) is 0. The van der Waals surface area contributed by atoms with Gasteiger partial charge < -0.3 is 0 Å². The summed E-state index contributed by atoms with van der Waals surface area (Å²) in [6.07, 6.45) is 0. The summed E-state index contributed by atoms with van der Waals surface area (Å²) in [7, 11) is 3.60. The van der Waals surface area contributed by atoms with Gasteiger partial charge >= 0.3 is 0 Å². The molecule has 0 bridgehead atoms. The maximum atomic E-state index is 3.57. The van der Waals surface area contributed by atoms with Crippen LogP contribution in [-0.4, -0.2) is 6.66 Å². The molecule has 1 nitrogen and oxygen atoms in total. The molecule has 0 radical (unpaired) electrons. The molecule has 4 heavy (non-hydrogen) atoms. The monoisotopic (exact) mass is 93.0 g/mol. The fourth-order valence-corrected chi connectivity index (χ4v) is 0. The van der Waals surface area contributed by atoms with E-state index >= 15 is 0 Å². The number of nitrogens with zero attached hydrogens (tertiary/aromatic N) is 1. The van der Waals surface area contributed by atoms with Crippen LogP contribution in [0.4, 0.5) is 0 Å². The maximum Gasteiger partial charge on any atom is 0.00257 e. The van der Waals surface area contributed by atoms with Gasteiger partial charge in [0, 0.05) is 8.73 Å². The molecule has 0 aliphatic heterocycles. The molecule has 0 fully saturated rings. The molecule has 1 atom stereocenters. The third kappa shape index (κ3) is 2.53. The van der Waals surface area contributed by atoms with Gasteiger partial charge in [0.2, 0.25) is 0 Å². The molecule has 3 heteroatoms. The lowest BCUT2D eigenvalue weighted by molar-refractivity contribution is 2.04. The summed E-state index contributed by atoms with van der Waals surface area (Å²) in [5.41, 5.74) is 0. The second-order valence-corrected chi connectivity index (χ2v) is 1.68. The predicted molar refractivity (Wildman–Crippen MR) is 25.0 cm³/mol. The van der Waals surface area contributed by atoms with E-state index < -0.39 is 0 Å². The average Bonchev–Trinajstić information content (AvgIpc) is 1.37. The van der Waals surface area contributed by atoms with E-state index in [1.54, 1.807) is 0 Å². The van der Waals surface area contributed by atoms with E-state index in [0.717, 1.165) is 0 Å². The van der Waals surface area contributed by atoms with Crippen molar-refractivity contribution in [2.24, 2.45) is 4.52 Å². The van der Waals surface area contributed by atoms with E-state index in [0.29, 0.717) is 8.73 Å². The Morgan fingerprint density at radius 2 is 2.25 bits per heavy atom. The van der Waals surface area contributed by atoms with Gasteiger partial charge in [-0.1, -0.05) is 0 Å². The smallest absolute Gasteiger partial charge is 0.00257 e. The van der Waals surface area contributed by atoms with Crippen LogP contribution < -0.4 is 0 Å². The van der Waals surface area contributed by atoms with Crippen LogP contribution in [0.25, 0.3) is 0 Å². The molecule has 0 aromatic heterocycles. The van der Waals surface area contributed by atoms with Gasteiger partial charge in [0.15, 0.2) is 0 Å². The molecule has 1 unspecified atom stereocenters. The third-order valence-electron chi connectivity index (χ3n) is 0.112. The van der Waals surface area contributed by atoms with Crippen molar-refractivity contribution < 1.29 is 0 Å². The minimum absolute atomic E-state index is 0.679. The molecular formula is CH5NP2. The van der Waals surface area contributed by atoms with Gasteiger partial charge in [-0.05, 0) is 15.7 Å². The first-order valence-corrected chi connectivity index (χ1v) is 2.84. The van der Waals surface area contributed by atoms with Crippen LogP contribution >= 0.6 is 17.8 Å². The van der Waals surface area contributed by atoms with E-state index in [1.807, 2.05) is 6.66 Å². The quantitative estimate of drug-likeness (QED) is 0.436. The van der Waals surface area contributed by atoms with Gasteiger partial charge in [-0.2, -0.15) is 0 Å². The zero-order chi connectivity index (χ0) is 3.41. The largest absolute Gasteiger partial charge is 0.252 e. The number of hydrogen-bond acceptors (Lipinski definition) is 1. The zero-order valence-corrected chi connectivity index (χ0v) is 4.45. The standard InChI is InChI=1S/CH5NP2/c1-4-2-3/h3-4H,1H3. The summed E-state index contributed by atoms with van der Waals surface area (Å²) in [5.74, 6) is 0. The summed E-state index contributed by atoms with van der Waals surface area (Å²) in [5, 5.41) is 0. The minimum Gasteiger partial charge on any atom is -0.252 e. The second kappa shape index (κ2) is 3.53. The molecule has 0 aromatic rings. The number of hydrogen-bond donors (Lipinski definition) is 0. The fraction of sp³-hybridized carbons (Fsp3) is 1.00. The summed E-state index contributed by atoms with van der Waals surface area (Å²) in [6, 6.07) is 0. The fourth-order valence-electron chi connectivity index (χ4n) is 0. The Kier molecular flexibility index (Phi) is 4.00. The highest BCUT2D eigenvalue weighted by Crippen LogP contribution is 2.02. The highest BCUT2D eigenvalue weighted by molar-refractivity contribution is 7.39. The van der Waals surface area contributed by atoms with Crippen LogP contribution in [0.15, 0.2) is 4.52 Å². The first kappa shape index (κ1) is 4.53. The van der Waals surface area contributed by atoms with Crippen molar-refractivity contribution in [3.05, 3.63) is 0 Å². The Bertz CT molecular complexity index is 20.0. The van der Waals surface area contributed by atoms with Crippen molar-refractivity contribution in [1.29, 1.82) is 0 Å².